The second-order valence-corrected chi connectivity index (χ2v) is 3.86. The number of ether oxygens (including phenoxy) is 2. The van der Waals surface area contributed by atoms with Crippen LogP contribution in [0.2, 0.25) is 5.02 Å². The monoisotopic (exact) mass is 212 g/mol. The Bertz CT molecular complexity index is 321. The Kier molecular flexibility index (Phi) is 2.94. The lowest BCUT2D eigenvalue weighted by Gasteiger charge is -2.05. The first-order chi connectivity index (χ1) is 6.79. The molecule has 1 saturated heterocycles. The van der Waals surface area contributed by atoms with Gasteiger partial charge in [-0.1, -0.05) is 17.7 Å². The van der Waals surface area contributed by atoms with Crippen molar-refractivity contribution in [3.05, 3.63) is 28.8 Å². The van der Waals surface area contributed by atoms with Crippen molar-refractivity contribution in [1.82, 2.24) is 0 Å². The van der Waals surface area contributed by atoms with Crippen LogP contribution in [0.15, 0.2) is 18.2 Å². The lowest BCUT2D eigenvalue weighted by Crippen LogP contribution is -1.93. The molecule has 1 heterocycles. The summed E-state index contributed by atoms with van der Waals surface area (Å²) in [6.45, 7) is 0.910. The van der Waals surface area contributed by atoms with Gasteiger partial charge in [0.2, 0.25) is 0 Å². The van der Waals surface area contributed by atoms with Gasteiger partial charge in [-0.15, -0.1) is 0 Å². The minimum absolute atomic E-state index is 0.466. The summed E-state index contributed by atoms with van der Waals surface area (Å²) in [7, 11) is 1.64. The molecule has 0 N–H and O–H groups in total. The standard InChI is InChI=1S/C11H13ClO2/c1-13-9-4-2-8(11(12)6-9)3-5-10-7-14-10/h2,4,6,10H,3,5,7H2,1H3. The van der Waals surface area contributed by atoms with Crippen molar-refractivity contribution in [3.63, 3.8) is 0 Å². The normalized spacial score (nSPS) is 19.4. The third-order valence-corrected chi connectivity index (χ3v) is 2.75. The lowest BCUT2D eigenvalue weighted by atomic mass is 10.1. The van der Waals surface area contributed by atoms with Gasteiger partial charge in [0.05, 0.1) is 19.8 Å². The van der Waals surface area contributed by atoms with Crippen molar-refractivity contribution in [2.24, 2.45) is 0 Å². The van der Waals surface area contributed by atoms with Crippen LogP contribution < -0.4 is 4.74 Å². The molecule has 0 aliphatic carbocycles. The summed E-state index contributed by atoms with van der Waals surface area (Å²) in [6, 6.07) is 5.81. The van der Waals surface area contributed by atoms with E-state index in [1.54, 1.807) is 7.11 Å². The highest BCUT2D eigenvalue weighted by atomic mass is 35.5. The molecule has 0 bridgehead atoms. The van der Waals surface area contributed by atoms with E-state index in [2.05, 4.69) is 0 Å². The van der Waals surface area contributed by atoms with Crippen molar-refractivity contribution in [2.45, 2.75) is 18.9 Å². The fraction of sp³-hybridized carbons (Fsp3) is 0.455. The highest BCUT2D eigenvalue weighted by molar-refractivity contribution is 6.31. The summed E-state index contributed by atoms with van der Waals surface area (Å²) >= 11 is 6.09. The molecule has 1 fully saturated rings. The molecule has 1 aliphatic rings. The largest absolute Gasteiger partial charge is 0.497 e. The summed E-state index contributed by atoms with van der Waals surface area (Å²) in [5.74, 6) is 0.807. The summed E-state index contributed by atoms with van der Waals surface area (Å²) in [4.78, 5) is 0. The van der Waals surface area contributed by atoms with Gasteiger partial charge in [-0.3, -0.25) is 0 Å². The lowest BCUT2D eigenvalue weighted by molar-refractivity contribution is 0.396. The molecule has 2 nitrogen and oxygen atoms in total. The van der Waals surface area contributed by atoms with Crippen LogP contribution in [0.25, 0.3) is 0 Å². The minimum atomic E-state index is 0.466. The zero-order valence-corrected chi connectivity index (χ0v) is 8.88. The van der Waals surface area contributed by atoms with E-state index in [0.29, 0.717) is 6.10 Å². The Morgan fingerprint density at radius 3 is 2.93 bits per heavy atom. The molecule has 1 unspecified atom stereocenters. The van der Waals surface area contributed by atoms with E-state index in [1.807, 2.05) is 18.2 Å². The number of aryl methyl sites for hydroxylation is 1. The number of hydrogen-bond donors (Lipinski definition) is 0. The van der Waals surface area contributed by atoms with Gasteiger partial charge in [0.25, 0.3) is 0 Å². The summed E-state index contributed by atoms with van der Waals surface area (Å²) in [5, 5.41) is 0.782. The molecular weight excluding hydrogens is 200 g/mol. The van der Waals surface area contributed by atoms with Gasteiger partial charge in [0, 0.05) is 5.02 Å². The van der Waals surface area contributed by atoms with Crippen LogP contribution in [0.4, 0.5) is 0 Å². The molecule has 2 rings (SSSR count). The van der Waals surface area contributed by atoms with Gasteiger partial charge in [-0.25, -0.2) is 0 Å². The topological polar surface area (TPSA) is 21.8 Å². The van der Waals surface area contributed by atoms with Crippen LogP contribution in [0.5, 0.6) is 5.75 Å². The zero-order valence-electron chi connectivity index (χ0n) is 8.13. The quantitative estimate of drug-likeness (QED) is 0.716. The van der Waals surface area contributed by atoms with Crippen molar-refractivity contribution < 1.29 is 9.47 Å². The van der Waals surface area contributed by atoms with E-state index in [1.165, 1.54) is 5.56 Å². The van der Waals surface area contributed by atoms with Crippen LogP contribution in [0, 0.1) is 0 Å². The fourth-order valence-electron chi connectivity index (χ4n) is 1.41. The van der Waals surface area contributed by atoms with Crippen molar-refractivity contribution in [1.29, 1.82) is 0 Å². The van der Waals surface area contributed by atoms with Gasteiger partial charge in [-0.05, 0) is 30.5 Å². The second-order valence-electron chi connectivity index (χ2n) is 3.45. The molecule has 1 aromatic rings. The number of hydrogen-bond acceptors (Lipinski definition) is 2. The van der Waals surface area contributed by atoms with Crippen LogP contribution in [0.3, 0.4) is 0 Å². The molecule has 0 aromatic heterocycles. The SMILES string of the molecule is COc1ccc(CCC2CO2)c(Cl)c1. The van der Waals surface area contributed by atoms with E-state index in [-0.39, 0.29) is 0 Å². The van der Waals surface area contributed by atoms with Crippen LogP contribution >= 0.6 is 11.6 Å². The number of rotatable bonds is 4. The molecule has 1 aliphatic heterocycles. The predicted octanol–water partition coefficient (Wildman–Crippen LogP) is 2.68. The summed E-state index contributed by atoms with van der Waals surface area (Å²) in [5.41, 5.74) is 1.17. The highest BCUT2D eigenvalue weighted by Crippen LogP contribution is 2.25. The van der Waals surface area contributed by atoms with E-state index < -0.39 is 0 Å². The van der Waals surface area contributed by atoms with Gasteiger partial charge in [0.15, 0.2) is 0 Å². The Hall–Kier alpha value is -0.730. The molecule has 14 heavy (non-hydrogen) atoms. The third-order valence-electron chi connectivity index (χ3n) is 2.40. The maximum atomic E-state index is 6.09. The second kappa shape index (κ2) is 4.20. The number of epoxide rings is 1. The minimum Gasteiger partial charge on any atom is -0.497 e. The van der Waals surface area contributed by atoms with Crippen LogP contribution in [0.1, 0.15) is 12.0 Å². The van der Waals surface area contributed by atoms with Crippen LogP contribution in [-0.2, 0) is 11.2 Å². The summed E-state index contributed by atoms with van der Waals surface area (Å²) in [6.07, 6.45) is 2.51. The molecule has 0 spiro atoms. The average molecular weight is 213 g/mol. The van der Waals surface area contributed by atoms with E-state index in [0.717, 1.165) is 30.2 Å². The maximum absolute atomic E-state index is 6.09. The van der Waals surface area contributed by atoms with Gasteiger partial charge in [-0.2, -0.15) is 0 Å². The molecule has 0 saturated carbocycles. The first kappa shape index (κ1) is 9.81. The zero-order chi connectivity index (χ0) is 9.97. The van der Waals surface area contributed by atoms with Gasteiger partial charge < -0.3 is 9.47 Å². The number of halogens is 1. The average Bonchev–Trinajstić information content (AvgIpc) is 2.99. The molecule has 0 radical (unpaired) electrons. The smallest absolute Gasteiger partial charge is 0.120 e. The maximum Gasteiger partial charge on any atom is 0.120 e. The number of benzene rings is 1. The summed E-state index contributed by atoms with van der Waals surface area (Å²) < 4.78 is 10.2. The van der Waals surface area contributed by atoms with E-state index in [9.17, 15) is 0 Å². The first-order valence-corrected chi connectivity index (χ1v) is 5.11. The Balaban J connectivity index is 2.01. The van der Waals surface area contributed by atoms with Gasteiger partial charge >= 0.3 is 0 Å². The fourth-order valence-corrected chi connectivity index (χ4v) is 1.67. The Morgan fingerprint density at radius 1 is 1.57 bits per heavy atom. The predicted molar refractivity (Wildman–Crippen MR) is 56.1 cm³/mol. The highest BCUT2D eigenvalue weighted by Gasteiger charge is 2.21. The molecule has 1 aromatic carbocycles. The molecule has 76 valence electrons. The van der Waals surface area contributed by atoms with E-state index in [4.69, 9.17) is 21.1 Å². The van der Waals surface area contributed by atoms with Crippen molar-refractivity contribution in [2.75, 3.05) is 13.7 Å². The Labute approximate surface area is 88.8 Å². The Morgan fingerprint density at radius 2 is 2.36 bits per heavy atom. The molecular formula is C11H13ClO2. The number of methoxy groups -OCH3 is 1. The van der Waals surface area contributed by atoms with Crippen LogP contribution in [-0.4, -0.2) is 19.8 Å². The molecule has 0 amide bonds. The molecule has 3 heteroatoms. The van der Waals surface area contributed by atoms with Gasteiger partial charge in [0.1, 0.15) is 5.75 Å². The van der Waals surface area contributed by atoms with Crippen molar-refractivity contribution in [3.8, 4) is 5.75 Å². The molecule has 1 atom stereocenters. The van der Waals surface area contributed by atoms with E-state index >= 15 is 0 Å². The third kappa shape index (κ3) is 2.40. The van der Waals surface area contributed by atoms with Crippen molar-refractivity contribution >= 4 is 11.6 Å². The first-order valence-electron chi connectivity index (χ1n) is 4.73.